The third-order valence-corrected chi connectivity index (χ3v) is 1.48. The number of carbonyl (C=O) groups excluding carboxylic acids is 1. The quantitative estimate of drug-likeness (QED) is 0.484. The molecule has 0 spiro atoms. The van der Waals surface area contributed by atoms with Gasteiger partial charge in [-0.25, -0.2) is 0 Å². The van der Waals surface area contributed by atoms with E-state index in [1.54, 1.807) is 0 Å². The van der Waals surface area contributed by atoms with Gasteiger partial charge in [-0.3, -0.25) is 4.79 Å². The van der Waals surface area contributed by atoms with E-state index in [1.165, 1.54) is 4.90 Å². The van der Waals surface area contributed by atoms with Gasteiger partial charge in [0.1, 0.15) is 0 Å². The van der Waals surface area contributed by atoms with E-state index in [1.807, 2.05) is 0 Å². The Morgan fingerprint density at radius 2 is 2.60 bits per heavy atom. The zero-order chi connectivity index (χ0) is 7.56. The maximum atomic E-state index is 10.8. The summed E-state index contributed by atoms with van der Waals surface area (Å²) in [6, 6.07) is 0. The summed E-state index contributed by atoms with van der Waals surface area (Å²) in [5.41, 5.74) is 0. The number of likely N-dealkylation sites (tertiary alicyclic amines) is 1. The molecule has 1 saturated heterocycles. The highest BCUT2D eigenvalue weighted by Gasteiger charge is 2.26. The molecule has 54 valence electrons. The van der Waals surface area contributed by atoms with Crippen molar-refractivity contribution in [2.24, 2.45) is 0 Å². The van der Waals surface area contributed by atoms with Gasteiger partial charge in [-0.05, 0) is 0 Å². The second kappa shape index (κ2) is 2.72. The van der Waals surface area contributed by atoms with Crippen LogP contribution < -0.4 is 0 Å². The Morgan fingerprint density at radius 1 is 1.90 bits per heavy atom. The summed E-state index contributed by atoms with van der Waals surface area (Å²) < 4.78 is 0. The Bertz CT molecular complexity index is 183. The molecule has 1 atom stereocenters. The van der Waals surface area contributed by atoms with E-state index >= 15 is 0 Å². The molecule has 0 radical (unpaired) electrons. The first kappa shape index (κ1) is 7.10. The van der Waals surface area contributed by atoms with Crippen LogP contribution in [0.2, 0.25) is 0 Å². The van der Waals surface area contributed by atoms with E-state index in [2.05, 4.69) is 5.92 Å². The van der Waals surface area contributed by atoms with E-state index < -0.39 is 6.10 Å². The average molecular weight is 139 g/mol. The average Bonchev–Trinajstić information content (AvgIpc) is 2.13. The molecule has 1 fully saturated rings. The van der Waals surface area contributed by atoms with E-state index in [0.29, 0.717) is 13.1 Å². The number of rotatable bonds is 1. The molecular formula is C7H9NO2. The molecule has 1 aliphatic rings. The van der Waals surface area contributed by atoms with Crippen LogP contribution >= 0.6 is 0 Å². The molecule has 1 amide bonds. The SMILES string of the molecule is C#CCN1CC(O)CC1=O. The summed E-state index contributed by atoms with van der Waals surface area (Å²) in [6.07, 6.45) is 4.70. The Morgan fingerprint density at radius 3 is 3.00 bits per heavy atom. The van der Waals surface area contributed by atoms with Crippen LogP contribution in [0.3, 0.4) is 0 Å². The van der Waals surface area contributed by atoms with Crippen LogP contribution in [0, 0.1) is 12.3 Å². The zero-order valence-corrected chi connectivity index (χ0v) is 5.58. The minimum absolute atomic E-state index is 0.0505. The van der Waals surface area contributed by atoms with Gasteiger partial charge in [0.05, 0.1) is 19.1 Å². The van der Waals surface area contributed by atoms with Crippen molar-refractivity contribution in [1.82, 2.24) is 4.90 Å². The fourth-order valence-electron chi connectivity index (χ4n) is 1.01. The fraction of sp³-hybridized carbons (Fsp3) is 0.571. The fourth-order valence-corrected chi connectivity index (χ4v) is 1.01. The highest BCUT2D eigenvalue weighted by Crippen LogP contribution is 2.08. The maximum absolute atomic E-state index is 10.8. The lowest BCUT2D eigenvalue weighted by atomic mass is 10.3. The summed E-state index contributed by atoms with van der Waals surface area (Å²) in [5.74, 6) is 2.30. The predicted octanol–water partition coefficient (Wildman–Crippen LogP) is -0.787. The lowest BCUT2D eigenvalue weighted by Gasteiger charge is -2.09. The zero-order valence-electron chi connectivity index (χ0n) is 5.58. The minimum atomic E-state index is -0.513. The molecule has 0 aromatic rings. The summed E-state index contributed by atoms with van der Waals surface area (Å²) in [4.78, 5) is 12.3. The summed E-state index contributed by atoms with van der Waals surface area (Å²) in [7, 11) is 0. The minimum Gasteiger partial charge on any atom is -0.391 e. The van der Waals surface area contributed by atoms with Gasteiger partial charge in [0.15, 0.2) is 0 Å². The van der Waals surface area contributed by atoms with Crippen molar-refractivity contribution in [3.8, 4) is 12.3 Å². The van der Waals surface area contributed by atoms with E-state index in [4.69, 9.17) is 11.5 Å². The molecule has 1 unspecified atom stereocenters. The summed E-state index contributed by atoms with van der Waals surface area (Å²) >= 11 is 0. The smallest absolute Gasteiger partial charge is 0.226 e. The van der Waals surface area contributed by atoms with E-state index in [0.717, 1.165) is 0 Å². The normalized spacial score (nSPS) is 25.0. The molecule has 1 heterocycles. The Labute approximate surface area is 59.6 Å². The molecule has 0 bridgehead atoms. The number of aliphatic hydroxyl groups excluding tert-OH is 1. The van der Waals surface area contributed by atoms with E-state index in [9.17, 15) is 4.79 Å². The van der Waals surface area contributed by atoms with Gasteiger partial charge in [-0.2, -0.15) is 0 Å². The van der Waals surface area contributed by atoms with Crippen molar-refractivity contribution in [3.05, 3.63) is 0 Å². The number of terminal acetylenes is 1. The van der Waals surface area contributed by atoms with Crippen molar-refractivity contribution < 1.29 is 9.90 Å². The first-order valence-corrected chi connectivity index (χ1v) is 3.13. The molecule has 0 aromatic carbocycles. The largest absolute Gasteiger partial charge is 0.391 e. The molecule has 1 aliphatic heterocycles. The first-order chi connectivity index (χ1) is 4.74. The number of nitrogens with zero attached hydrogens (tertiary/aromatic N) is 1. The number of aliphatic hydroxyl groups is 1. The van der Waals surface area contributed by atoms with Crippen molar-refractivity contribution in [2.45, 2.75) is 12.5 Å². The molecule has 1 N–H and O–H groups in total. The number of β-amino-alcohol motifs (C(OH)–C–C–N with tert-alkyl or cyclic N) is 1. The Kier molecular flexibility index (Phi) is 1.93. The van der Waals surface area contributed by atoms with E-state index in [-0.39, 0.29) is 12.3 Å². The number of amides is 1. The van der Waals surface area contributed by atoms with Crippen molar-refractivity contribution in [2.75, 3.05) is 13.1 Å². The van der Waals surface area contributed by atoms with Crippen LogP contribution in [-0.2, 0) is 4.79 Å². The standard InChI is InChI=1S/C7H9NO2/c1-2-3-8-5-6(9)4-7(8)10/h1,6,9H,3-5H2. The highest BCUT2D eigenvalue weighted by atomic mass is 16.3. The third kappa shape index (κ3) is 1.28. The second-order valence-corrected chi connectivity index (χ2v) is 2.34. The first-order valence-electron chi connectivity index (χ1n) is 3.13. The molecular weight excluding hydrogens is 130 g/mol. The van der Waals surface area contributed by atoms with Crippen LogP contribution in [0.1, 0.15) is 6.42 Å². The van der Waals surface area contributed by atoms with Crippen LogP contribution in [0.25, 0.3) is 0 Å². The second-order valence-electron chi connectivity index (χ2n) is 2.34. The van der Waals surface area contributed by atoms with Crippen molar-refractivity contribution in [1.29, 1.82) is 0 Å². The molecule has 0 aliphatic carbocycles. The van der Waals surface area contributed by atoms with Crippen LogP contribution in [0.15, 0.2) is 0 Å². The Balaban J connectivity index is 2.48. The maximum Gasteiger partial charge on any atom is 0.226 e. The number of hydrogen-bond donors (Lipinski definition) is 1. The lowest BCUT2D eigenvalue weighted by Crippen LogP contribution is -2.25. The van der Waals surface area contributed by atoms with Gasteiger partial charge >= 0.3 is 0 Å². The molecule has 3 heteroatoms. The van der Waals surface area contributed by atoms with Crippen LogP contribution in [-0.4, -0.2) is 35.1 Å². The van der Waals surface area contributed by atoms with Crippen molar-refractivity contribution >= 4 is 5.91 Å². The molecule has 3 nitrogen and oxygen atoms in total. The van der Waals surface area contributed by atoms with Crippen LogP contribution in [0.4, 0.5) is 0 Å². The Hall–Kier alpha value is -1.01. The van der Waals surface area contributed by atoms with Crippen LogP contribution in [0.5, 0.6) is 0 Å². The topological polar surface area (TPSA) is 40.5 Å². The van der Waals surface area contributed by atoms with Gasteiger partial charge < -0.3 is 10.0 Å². The number of hydrogen-bond acceptors (Lipinski definition) is 2. The van der Waals surface area contributed by atoms with Gasteiger partial charge in [-0.1, -0.05) is 5.92 Å². The van der Waals surface area contributed by atoms with Crippen molar-refractivity contribution in [3.63, 3.8) is 0 Å². The molecule has 1 rings (SSSR count). The van der Waals surface area contributed by atoms with Gasteiger partial charge in [-0.15, -0.1) is 6.42 Å². The van der Waals surface area contributed by atoms with Gasteiger partial charge in [0.2, 0.25) is 5.91 Å². The molecule has 10 heavy (non-hydrogen) atoms. The summed E-state index contributed by atoms with van der Waals surface area (Å²) in [6.45, 7) is 0.707. The van der Waals surface area contributed by atoms with Gasteiger partial charge in [0, 0.05) is 6.54 Å². The summed E-state index contributed by atoms with van der Waals surface area (Å²) in [5, 5.41) is 8.97. The third-order valence-electron chi connectivity index (χ3n) is 1.48. The molecule has 0 aromatic heterocycles. The van der Waals surface area contributed by atoms with Gasteiger partial charge in [0.25, 0.3) is 0 Å². The molecule has 0 saturated carbocycles. The lowest BCUT2D eigenvalue weighted by molar-refractivity contribution is -0.127. The predicted molar refractivity (Wildman–Crippen MR) is 36.0 cm³/mol. The monoisotopic (exact) mass is 139 g/mol. The highest BCUT2D eigenvalue weighted by molar-refractivity contribution is 5.79. The number of carbonyl (C=O) groups is 1.